The molecule has 6 nitrogen and oxygen atoms in total. The summed E-state index contributed by atoms with van der Waals surface area (Å²) in [5.41, 5.74) is -6.75. The third-order valence-corrected chi connectivity index (χ3v) is 5.38. The minimum absolute atomic E-state index is 0.557. The van der Waals surface area contributed by atoms with Crippen LogP contribution in [0.1, 0.15) is 6.92 Å². The summed E-state index contributed by atoms with van der Waals surface area (Å²) in [6.45, 7) is -3.70. The third kappa shape index (κ3) is 10.1. The lowest BCUT2D eigenvalue weighted by molar-refractivity contribution is -0.548. The number of alkyl halides is 17. The Kier molecular flexibility index (Phi) is 14.6. The van der Waals surface area contributed by atoms with Gasteiger partial charge >= 0.3 is 48.6 Å². The van der Waals surface area contributed by atoms with Gasteiger partial charge in [0.15, 0.2) is 6.10 Å². The van der Waals surface area contributed by atoms with Crippen LogP contribution < -0.4 is 0 Å². The molecular weight excluding hydrogens is 695 g/mol. The molecule has 0 aliphatic carbocycles. The molecule has 0 radical (unpaired) electrons. The van der Waals surface area contributed by atoms with Gasteiger partial charge in [0.25, 0.3) is 0 Å². The molecule has 0 aliphatic rings. The number of ether oxygens (including phenoxy) is 6. The first-order valence-corrected chi connectivity index (χ1v) is 11.8. The van der Waals surface area contributed by atoms with Crippen LogP contribution in [0.15, 0.2) is 38.0 Å². The summed E-state index contributed by atoms with van der Waals surface area (Å²) >= 11 is 0. The molecule has 0 fully saturated rings. The van der Waals surface area contributed by atoms with E-state index in [-0.39, 0.29) is 0 Å². The van der Waals surface area contributed by atoms with Crippen LogP contribution in [-0.4, -0.2) is 94.3 Å². The smallest absolute Gasteiger partial charge is 0.374 e. The fourth-order valence-electron chi connectivity index (χ4n) is 2.75. The molecule has 46 heavy (non-hydrogen) atoms. The van der Waals surface area contributed by atoms with E-state index in [0.29, 0.717) is 18.2 Å². The second-order valence-corrected chi connectivity index (χ2v) is 8.91. The maximum absolute atomic E-state index is 15.3. The molecule has 0 aromatic carbocycles. The lowest BCUT2D eigenvalue weighted by Crippen LogP contribution is -2.70. The molecule has 0 rings (SSSR count). The molecular formula is C23H25F17O6. The zero-order chi connectivity index (χ0) is 36.7. The molecule has 0 amide bonds. The SMILES string of the molecule is C=CCOCC(OC(F)(F)C(C)(C(F)(F)OC(F)(COCC=C)C(F)(F)F)C(F)(F)OC(F)(COCC=C)C(F)(F)F)C(F)(F)F. The molecule has 272 valence electrons. The molecule has 0 heterocycles. The van der Waals surface area contributed by atoms with Gasteiger partial charge in [-0.3, -0.25) is 9.47 Å². The van der Waals surface area contributed by atoms with Gasteiger partial charge in [-0.1, -0.05) is 18.2 Å². The Bertz CT molecular complexity index is 945. The highest BCUT2D eigenvalue weighted by molar-refractivity contribution is 5.01. The van der Waals surface area contributed by atoms with E-state index in [1.165, 1.54) is 0 Å². The number of rotatable bonds is 21. The van der Waals surface area contributed by atoms with E-state index in [1.54, 1.807) is 0 Å². The molecule has 23 heteroatoms. The maximum atomic E-state index is 15.3. The van der Waals surface area contributed by atoms with Crippen molar-refractivity contribution in [3.05, 3.63) is 38.0 Å². The first-order valence-electron chi connectivity index (χ1n) is 11.8. The van der Waals surface area contributed by atoms with Crippen molar-refractivity contribution < 1.29 is 103 Å². The standard InChI is InChI=1S/C23H25F17O6/c1-5-8-41-11-14(18(26,27)28)44-21(35,36)15(4,22(37,38)45-16(24,19(29,30)31)12-42-9-6-2)23(39,40)46-17(25,20(32,33)34)13-43-10-7-3/h5-7,14H,1-3,8-13H2,4H3. The van der Waals surface area contributed by atoms with Gasteiger partial charge < -0.3 is 18.9 Å². The largest absolute Gasteiger partial charge is 0.451 e. The van der Waals surface area contributed by atoms with Crippen molar-refractivity contribution in [1.82, 2.24) is 0 Å². The van der Waals surface area contributed by atoms with Crippen molar-refractivity contribution in [3.63, 3.8) is 0 Å². The van der Waals surface area contributed by atoms with Crippen LogP contribution in [-0.2, 0) is 28.4 Å². The molecule has 0 aromatic heterocycles. The highest BCUT2D eigenvalue weighted by Crippen LogP contribution is 2.62. The number of hydrogen-bond donors (Lipinski definition) is 0. The molecule has 0 aromatic rings. The summed E-state index contributed by atoms with van der Waals surface area (Å²) < 4.78 is 262. The highest BCUT2D eigenvalue weighted by Gasteiger charge is 2.85. The van der Waals surface area contributed by atoms with Gasteiger partial charge in [-0.15, -0.1) is 19.7 Å². The molecule has 0 bridgehead atoms. The summed E-state index contributed by atoms with van der Waals surface area (Å²) in [6, 6.07) is 0. The zero-order valence-corrected chi connectivity index (χ0v) is 23.0. The molecule has 0 aliphatic heterocycles. The Morgan fingerprint density at radius 2 is 0.848 bits per heavy atom. The lowest BCUT2D eigenvalue weighted by atomic mass is 9.84. The second-order valence-electron chi connectivity index (χ2n) is 8.91. The summed E-state index contributed by atoms with van der Waals surface area (Å²) in [5, 5.41) is 0. The Morgan fingerprint density at radius 3 is 1.13 bits per heavy atom. The number of halogens is 17. The summed E-state index contributed by atoms with van der Waals surface area (Å²) in [5.74, 6) is -12.2. The van der Waals surface area contributed by atoms with Gasteiger partial charge in [-0.25, -0.2) is 0 Å². The Labute approximate surface area is 248 Å². The molecule has 0 saturated carbocycles. The minimum atomic E-state index is -7.31. The van der Waals surface area contributed by atoms with Gasteiger partial charge in [-0.05, 0) is 6.92 Å². The van der Waals surface area contributed by atoms with E-state index in [2.05, 4.69) is 48.2 Å². The van der Waals surface area contributed by atoms with Crippen molar-refractivity contribution in [2.45, 2.75) is 61.6 Å². The van der Waals surface area contributed by atoms with E-state index in [1.807, 2.05) is 0 Å². The van der Waals surface area contributed by atoms with Crippen LogP contribution >= 0.6 is 0 Å². The van der Waals surface area contributed by atoms with Crippen LogP contribution in [0, 0.1) is 5.41 Å². The number of hydrogen-bond acceptors (Lipinski definition) is 6. The maximum Gasteiger partial charge on any atom is 0.451 e. The first kappa shape index (κ1) is 43.8. The summed E-state index contributed by atoms with van der Waals surface area (Å²) in [4.78, 5) is 0. The lowest BCUT2D eigenvalue weighted by Gasteiger charge is -2.48. The molecule has 0 N–H and O–H groups in total. The Hall–Kier alpha value is -2.21. The average molecular weight is 720 g/mol. The van der Waals surface area contributed by atoms with Crippen LogP contribution in [0.5, 0.6) is 0 Å². The van der Waals surface area contributed by atoms with E-state index >= 15 is 26.3 Å². The Balaban J connectivity index is 7.53. The molecule has 3 unspecified atom stereocenters. The fourth-order valence-corrected chi connectivity index (χ4v) is 2.75. The zero-order valence-electron chi connectivity index (χ0n) is 23.0. The monoisotopic (exact) mass is 720 g/mol. The van der Waals surface area contributed by atoms with Crippen molar-refractivity contribution in [2.75, 3.05) is 39.6 Å². The minimum Gasteiger partial charge on any atom is -0.374 e. The van der Waals surface area contributed by atoms with E-state index < -0.39 is 107 Å². The molecule has 3 atom stereocenters. The van der Waals surface area contributed by atoms with Crippen molar-refractivity contribution in [2.24, 2.45) is 5.41 Å². The molecule has 0 spiro atoms. The van der Waals surface area contributed by atoms with Gasteiger partial charge in [0.05, 0.1) is 26.4 Å². The van der Waals surface area contributed by atoms with E-state index in [9.17, 15) is 48.3 Å². The van der Waals surface area contributed by atoms with Crippen LogP contribution in [0.25, 0.3) is 0 Å². The van der Waals surface area contributed by atoms with Gasteiger partial charge in [0.2, 0.25) is 5.41 Å². The average Bonchev–Trinajstić information content (AvgIpc) is 2.85. The van der Waals surface area contributed by atoms with E-state index in [0.717, 1.165) is 0 Å². The normalized spacial score (nSPS) is 18.7. The quantitative estimate of drug-likeness (QED) is 0.0686. The predicted octanol–water partition coefficient (Wildman–Crippen LogP) is 7.82. The van der Waals surface area contributed by atoms with Crippen molar-refractivity contribution in [3.8, 4) is 0 Å². The van der Waals surface area contributed by atoms with Crippen molar-refractivity contribution in [1.29, 1.82) is 0 Å². The van der Waals surface area contributed by atoms with Gasteiger partial charge in [-0.2, -0.15) is 74.6 Å². The second kappa shape index (κ2) is 15.3. The summed E-state index contributed by atoms with van der Waals surface area (Å²) in [7, 11) is 0. The molecule has 0 saturated heterocycles. The van der Waals surface area contributed by atoms with Crippen LogP contribution in [0.3, 0.4) is 0 Å². The summed E-state index contributed by atoms with van der Waals surface area (Å²) in [6.07, 6.45) is -44.0. The third-order valence-electron chi connectivity index (χ3n) is 5.38. The predicted molar refractivity (Wildman–Crippen MR) is 119 cm³/mol. The van der Waals surface area contributed by atoms with Crippen LogP contribution in [0.4, 0.5) is 74.6 Å². The Morgan fingerprint density at radius 1 is 0.522 bits per heavy atom. The van der Waals surface area contributed by atoms with E-state index in [4.69, 9.17) is 0 Å². The fraction of sp³-hybridized carbons (Fsp3) is 0.739. The van der Waals surface area contributed by atoms with Gasteiger partial charge in [0.1, 0.15) is 13.2 Å². The van der Waals surface area contributed by atoms with Crippen molar-refractivity contribution >= 4 is 0 Å². The highest BCUT2D eigenvalue weighted by atomic mass is 19.4. The topological polar surface area (TPSA) is 55.4 Å². The first-order chi connectivity index (χ1) is 20.5. The van der Waals surface area contributed by atoms with Crippen LogP contribution in [0.2, 0.25) is 0 Å². The van der Waals surface area contributed by atoms with Gasteiger partial charge in [0, 0.05) is 0 Å².